The molecule has 0 saturated carbocycles. The van der Waals surface area contributed by atoms with Crippen LogP contribution in [0.3, 0.4) is 0 Å². The average molecular weight is 293 g/mol. The van der Waals surface area contributed by atoms with Crippen molar-refractivity contribution in [3.05, 3.63) is 51.7 Å². The number of carboxylic acid groups (broad SMARTS) is 1. The van der Waals surface area contributed by atoms with Crippen LogP contribution in [0.25, 0.3) is 0 Å². The van der Waals surface area contributed by atoms with E-state index in [9.17, 15) is 4.79 Å². The van der Waals surface area contributed by atoms with Crippen molar-refractivity contribution < 1.29 is 9.90 Å². The Hall–Kier alpha value is -1.85. The average Bonchev–Trinajstić information content (AvgIpc) is 2.87. The summed E-state index contributed by atoms with van der Waals surface area (Å²) < 4.78 is 0. The molecule has 2 aromatic rings. The van der Waals surface area contributed by atoms with Gasteiger partial charge < -0.3 is 10.4 Å². The molecule has 3 rings (SSSR count). The summed E-state index contributed by atoms with van der Waals surface area (Å²) in [5.74, 6) is -0.370. The van der Waals surface area contributed by atoms with E-state index in [1.165, 1.54) is 0 Å². The number of fused-ring (bicyclic) bond motifs is 1. The lowest BCUT2D eigenvalue weighted by Gasteiger charge is -2.20. The summed E-state index contributed by atoms with van der Waals surface area (Å²) in [5.41, 5.74) is 1.43. The number of alkyl halides is 1. The number of hydrogen-bond donors (Lipinski definition) is 2. The lowest BCUT2D eigenvalue weighted by Crippen LogP contribution is -2.28. The number of carboxylic acids is 1. The predicted molar refractivity (Wildman–Crippen MR) is 75.6 cm³/mol. The van der Waals surface area contributed by atoms with Gasteiger partial charge in [0.15, 0.2) is 0 Å². The highest BCUT2D eigenvalue weighted by Crippen LogP contribution is 2.36. The van der Waals surface area contributed by atoms with E-state index in [1.54, 1.807) is 35.6 Å². The van der Waals surface area contributed by atoms with E-state index in [2.05, 4.69) is 10.3 Å². The number of nitrogens with zero attached hydrogens (tertiary/aromatic N) is 1. The topological polar surface area (TPSA) is 61.7 Å². The number of amidine groups is 1. The van der Waals surface area contributed by atoms with Crippen molar-refractivity contribution in [3.63, 3.8) is 0 Å². The van der Waals surface area contributed by atoms with Gasteiger partial charge in [0.2, 0.25) is 0 Å². The Kier molecular flexibility index (Phi) is 3.00. The Morgan fingerprint density at radius 1 is 1.42 bits per heavy atom. The minimum Gasteiger partial charge on any atom is -0.478 e. The normalized spacial score (nSPS) is 17.3. The molecule has 0 radical (unpaired) electrons. The molecule has 0 aliphatic carbocycles. The zero-order valence-electron chi connectivity index (χ0n) is 9.63. The van der Waals surface area contributed by atoms with E-state index in [0.29, 0.717) is 11.4 Å². The van der Waals surface area contributed by atoms with Gasteiger partial charge in [-0.3, -0.25) is 0 Å². The van der Waals surface area contributed by atoms with Crippen LogP contribution < -0.4 is 5.32 Å². The number of hydrogen-bond acceptors (Lipinski definition) is 4. The maximum absolute atomic E-state index is 11.0. The van der Waals surface area contributed by atoms with Crippen molar-refractivity contribution in [2.75, 3.05) is 0 Å². The van der Waals surface area contributed by atoms with Crippen LogP contribution in [0, 0.1) is 0 Å². The number of nitrogens with one attached hydrogen (secondary N) is 1. The van der Waals surface area contributed by atoms with E-state index in [-0.39, 0.29) is 11.1 Å². The van der Waals surface area contributed by atoms with Crippen LogP contribution in [-0.2, 0) is 0 Å². The van der Waals surface area contributed by atoms with E-state index in [0.717, 1.165) is 10.6 Å². The molecule has 2 heterocycles. The third-order valence-corrected chi connectivity index (χ3v) is 4.21. The Morgan fingerprint density at radius 2 is 2.26 bits per heavy atom. The van der Waals surface area contributed by atoms with Crippen LogP contribution in [0.5, 0.6) is 0 Å². The highest BCUT2D eigenvalue weighted by molar-refractivity contribution is 7.10. The summed E-state index contributed by atoms with van der Waals surface area (Å²) >= 11 is 7.78. The molecule has 6 heteroatoms. The van der Waals surface area contributed by atoms with Crippen LogP contribution >= 0.6 is 22.9 Å². The first-order valence-corrected chi connectivity index (χ1v) is 6.87. The van der Waals surface area contributed by atoms with Gasteiger partial charge in [-0.25, -0.2) is 9.79 Å². The van der Waals surface area contributed by atoms with Crippen molar-refractivity contribution in [1.29, 1.82) is 0 Å². The van der Waals surface area contributed by atoms with Crippen LogP contribution in [0.15, 0.2) is 40.7 Å². The molecule has 1 atom stereocenters. The molecule has 0 amide bonds. The lowest BCUT2D eigenvalue weighted by atomic mass is 10.1. The largest absolute Gasteiger partial charge is 0.478 e. The minimum atomic E-state index is -0.961. The molecule has 2 N–H and O–H groups in total. The number of rotatable bonds is 2. The standard InChI is InChI=1S/C13H9ClN2O2S/c14-11-10-9(4-5-19-10)15-12(16-11)7-2-1-3-8(6-7)13(17)18/h1-6,11H,(H,15,16)(H,17,18). The SMILES string of the molecule is O=C(O)c1cccc(C2=Nc3ccsc3C(Cl)N2)c1. The maximum atomic E-state index is 11.0. The van der Waals surface area contributed by atoms with Crippen LogP contribution in [0.1, 0.15) is 26.3 Å². The maximum Gasteiger partial charge on any atom is 0.335 e. The quantitative estimate of drug-likeness (QED) is 0.659. The first-order chi connectivity index (χ1) is 9.15. The molecule has 19 heavy (non-hydrogen) atoms. The zero-order chi connectivity index (χ0) is 13.4. The molecule has 0 spiro atoms. The van der Waals surface area contributed by atoms with Crippen LogP contribution in [0.4, 0.5) is 5.69 Å². The third kappa shape index (κ3) is 2.22. The van der Waals surface area contributed by atoms with E-state index < -0.39 is 5.97 Å². The number of benzene rings is 1. The van der Waals surface area contributed by atoms with Gasteiger partial charge in [-0.05, 0) is 23.6 Å². The molecule has 0 fully saturated rings. The van der Waals surface area contributed by atoms with Crippen molar-refractivity contribution in [3.8, 4) is 0 Å². The van der Waals surface area contributed by atoms with E-state index in [1.807, 2.05) is 11.4 Å². The number of aliphatic imine (C=N–C) groups is 1. The van der Waals surface area contributed by atoms with Crippen molar-refractivity contribution in [1.82, 2.24) is 5.32 Å². The second-order valence-corrected chi connectivity index (χ2v) is 5.41. The monoisotopic (exact) mass is 292 g/mol. The van der Waals surface area contributed by atoms with Gasteiger partial charge in [-0.15, -0.1) is 11.3 Å². The van der Waals surface area contributed by atoms with Gasteiger partial charge in [-0.2, -0.15) is 0 Å². The van der Waals surface area contributed by atoms with Gasteiger partial charge in [0, 0.05) is 5.56 Å². The Balaban J connectivity index is 2.04. The molecule has 4 nitrogen and oxygen atoms in total. The van der Waals surface area contributed by atoms with Crippen LogP contribution in [-0.4, -0.2) is 16.9 Å². The van der Waals surface area contributed by atoms with Gasteiger partial charge in [0.1, 0.15) is 11.3 Å². The summed E-state index contributed by atoms with van der Waals surface area (Å²) in [5, 5.41) is 14.0. The zero-order valence-corrected chi connectivity index (χ0v) is 11.2. The molecule has 1 unspecified atom stereocenters. The van der Waals surface area contributed by atoms with Gasteiger partial charge in [0.25, 0.3) is 0 Å². The highest BCUT2D eigenvalue weighted by atomic mass is 35.5. The molecule has 1 aliphatic rings. The summed E-state index contributed by atoms with van der Waals surface area (Å²) in [6.45, 7) is 0. The first-order valence-electron chi connectivity index (χ1n) is 5.55. The van der Waals surface area contributed by atoms with Crippen LogP contribution in [0.2, 0.25) is 0 Å². The first kappa shape index (κ1) is 12.2. The summed E-state index contributed by atoms with van der Waals surface area (Å²) in [6.07, 6.45) is 0. The molecule has 1 aromatic carbocycles. The fourth-order valence-corrected chi connectivity index (χ4v) is 3.01. The Bertz CT molecular complexity index is 681. The third-order valence-electron chi connectivity index (χ3n) is 2.78. The van der Waals surface area contributed by atoms with E-state index >= 15 is 0 Å². The summed E-state index contributed by atoms with van der Waals surface area (Å²) in [6, 6.07) is 8.52. The van der Waals surface area contributed by atoms with Gasteiger partial charge in [-0.1, -0.05) is 23.7 Å². The van der Waals surface area contributed by atoms with Gasteiger partial charge in [0.05, 0.1) is 16.1 Å². The molecular formula is C13H9ClN2O2S. The molecule has 1 aromatic heterocycles. The second-order valence-electron chi connectivity index (χ2n) is 4.02. The van der Waals surface area contributed by atoms with Gasteiger partial charge >= 0.3 is 5.97 Å². The fraction of sp³-hybridized carbons (Fsp3) is 0.0769. The number of thiophene rings is 1. The highest BCUT2D eigenvalue weighted by Gasteiger charge is 2.22. The molecular weight excluding hydrogens is 284 g/mol. The Labute approximate surface area is 118 Å². The molecule has 1 aliphatic heterocycles. The molecule has 96 valence electrons. The number of halogens is 1. The fourth-order valence-electron chi connectivity index (χ4n) is 1.88. The van der Waals surface area contributed by atoms with Crippen molar-refractivity contribution in [2.45, 2.75) is 5.50 Å². The Morgan fingerprint density at radius 3 is 3.05 bits per heavy atom. The molecule has 0 saturated heterocycles. The lowest BCUT2D eigenvalue weighted by molar-refractivity contribution is 0.0697. The predicted octanol–water partition coefficient (Wildman–Crippen LogP) is 3.37. The van der Waals surface area contributed by atoms with E-state index in [4.69, 9.17) is 16.7 Å². The number of carbonyl (C=O) groups is 1. The summed E-state index contributed by atoms with van der Waals surface area (Å²) in [4.78, 5) is 16.4. The minimum absolute atomic E-state index is 0.226. The van der Waals surface area contributed by atoms with Crippen molar-refractivity contribution in [2.24, 2.45) is 4.99 Å². The number of aromatic carboxylic acids is 1. The second kappa shape index (κ2) is 4.68. The summed E-state index contributed by atoms with van der Waals surface area (Å²) in [7, 11) is 0. The van der Waals surface area contributed by atoms with Crippen molar-refractivity contribution >= 4 is 40.4 Å². The smallest absolute Gasteiger partial charge is 0.335 e. The molecule has 0 bridgehead atoms.